The van der Waals surface area contributed by atoms with Crippen molar-refractivity contribution < 1.29 is 9.18 Å². The van der Waals surface area contributed by atoms with E-state index in [-0.39, 0.29) is 12.1 Å². The quantitative estimate of drug-likeness (QED) is 0.679. The summed E-state index contributed by atoms with van der Waals surface area (Å²) in [6.45, 7) is 0.227. The molecule has 3 heteroatoms. The Balaban J connectivity index is 3.16. The second-order valence-corrected chi connectivity index (χ2v) is 2.11. The summed E-state index contributed by atoms with van der Waals surface area (Å²) in [6.07, 6.45) is 1.62. The van der Waals surface area contributed by atoms with Crippen molar-refractivity contribution in [3.8, 4) is 0 Å². The Bertz CT molecular complexity index is 273. The Hall–Kier alpha value is -1.22. The molecular weight excluding hydrogens is 145 g/mol. The van der Waals surface area contributed by atoms with E-state index < -0.39 is 5.82 Å². The molecule has 0 aliphatic heterocycles. The fourth-order valence-electron chi connectivity index (χ4n) is 0.822. The number of hydrogen-bond acceptors (Lipinski definition) is 2. The Kier molecular flexibility index (Phi) is 2.33. The van der Waals surface area contributed by atoms with Crippen molar-refractivity contribution in [3.63, 3.8) is 0 Å². The third-order valence-electron chi connectivity index (χ3n) is 1.40. The molecule has 1 aromatic rings. The molecule has 1 radical (unpaired) electrons. The molecule has 0 heterocycles. The third kappa shape index (κ3) is 1.62. The van der Waals surface area contributed by atoms with Gasteiger partial charge in [-0.2, -0.15) is 0 Å². The van der Waals surface area contributed by atoms with Crippen LogP contribution in [0, 0.1) is 5.82 Å². The minimum absolute atomic E-state index is 0.201. The lowest BCUT2D eigenvalue weighted by molar-refractivity contribution is 0.561. The molecule has 0 aliphatic rings. The van der Waals surface area contributed by atoms with Crippen LogP contribution in [0.2, 0.25) is 0 Å². The maximum atomic E-state index is 12.5. The highest BCUT2D eigenvalue weighted by atomic mass is 19.1. The second-order valence-electron chi connectivity index (χ2n) is 2.11. The lowest BCUT2D eigenvalue weighted by atomic mass is 10.1. The van der Waals surface area contributed by atoms with Gasteiger partial charge in [0, 0.05) is 12.1 Å². The van der Waals surface area contributed by atoms with Crippen molar-refractivity contribution in [3.05, 3.63) is 35.1 Å². The maximum Gasteiger partial charge on any atom is 0.233 e. The standard InChI is InChI=1S/C8H7FNO/c9-8-2-1-6(4-10)7(3-8)5-11/h1-3H,4,10H2. The molecule has 0 amide bonds. The summed E-state index contributed by atoms with van der Waals surface area (Å²) >= 11 is 0. The highest BCUT2D eigenvalue weighted by Crippen LogP contribution is 2.07. The van der Waals surface area contributed by atoms with Gasteiger partial charge in [-0.25, -0.2) is 4.39 Å². The van der Waals surface area contributed by atoms with Crippen LogP contribution in [-0.2, 0) is 11.3 Å². The Morgan fingerprint density at radius 1 is 1.55 bits per heavy atom. The van der Waals surface area contributed by atoms with Crippen LogP contribution in [0.25, 0.3) is 0 Å². The molecule has 2 nitrogen and oxygen atoms in total. The van der Waals surface area contributed by atoms with Gasteiger partial charge < -0.3 is 5.73 Å². The molecule has 57 valence electrons. The first-order valence-corrected chi connectivity index (χ1v) is 3.14. The lowest BCUT2D eigenvalue weighted by Crippen LogP contribution is -2.01. The number of halogens is 1. The van der Waals surface area contributed by atoms with Gasteiger partial charge in [0.15, 0.2) is 0 Å². The van der Waals surface area contributed by atoms with Gasteiger partial charge in [-0.3, -0.25) is 4.79 Å². The number of benzene rings is 1. The van der Waals surface area contributed by atoms with Crippen LogP contribution in [0.1, 0.15) is 11.1 Å². The van der Waals surface area contributed by atoms with Gasteiger partial charge in [0.25, 0.3) is 0 Å². The summed E-state index contributed by atoms with van der Waals surface area (Å²) in [5.41, 5.74) is 6.09. The van der Waals surface area contributed by atoms with E-state index in [9.17, 15) is 9.18 Å². The summed E-state index contributed by atoms with van der Waals surface area (Å²) in [5.74, 6) is -0.444. The molecule has 0 aliphatic carbocycles. The van der Waals surface area contributed by atoms with Crippen molar-refractivity contribution in [1.82, 2.24) is 0 Å². The fourth-order valence-corrected chi connectivity index (χ4v) is 0.822. The predicted octanol–water partition coefficient (Wildman–Crippen LogP) is 0.742. The zero-order valence-corrected chi connectivity index (χ0v) is 5.80. The molecule has 2 N–H and O–H groups in total. The molecule has 0 bridgehead atoms. The van der Waals surface area contributed by atoms with Crippen molar-refractivity contribution in [2.24, 2.45) is 5.73 Å². The average molecular weight is 152 g/mol. The van der Waals surface area contributed by atoms with Crippen LogP contribution >= 0.6 is 0 Å². The fraction of sp³-hybridized carbons (Fsp3) is 0.125. The molecule has 1 rings (SSSR count). The van der Waals surface area contributed by atoms with Gasteiger partial charge in [0.05, 0.1) is 0 Å². The average Bonchev–Trinajstić information content (AvgIpc) is 2.04. The molecule has 0 aromatic heterocycles. The van der Waals surface area contributed by atoms with E-state index in [1.807, 2.05) is 0 Å². The summed E-state index contributed by atoms with van der Waals surface area (Å²) in [7, 11) is 0. The van der Waals surface area contributed by atoms with Crippen LogP contribution < -0.4 is 5.73 Å². The van der Waals surface area contributed by atoms with Crippen LogP contribution in [0.15, 0.2) is 18.2 Å². The molecular formula is C8H7FNO. The molecule has 0 atom stereocenters. The zero-order chi connectivity index (χ0) is 8.27. The first-order valence-electron chi connectivity index (χ1n) is 3.14. The zero-order valence-electron chi connectivity index (χ0n) is 5.80. The van der Waals surface area contributed by atoms with Gasteiger partial charge in [-0.05, 0) is 17.7 Å². The lowest BCUT2D eigenvalue weighted by Gasteiger charge is -1.98. The van der Waals surface area contributed by atoms with Crippen molar-refractivity contribution >= 4 is 6.29 Å². The van der Waals surface area contributed by atoms with E-state index in [2.05, 4.69) is 0 Å². The SMILES string of the molecule is NCc1ccc(F)cc1[C]=O. The smallest absolute Gasteiger partial charge is 0.233 e. The number of nitrogens with two attached hydrogens (primary N) is 1. The van der Waals surface area contributed by atoms with Gasteiger partial charge in [-0.1, -0.05) is 6.07 Å². The molecule has 0 saturated heterocycles. The molecule has 1 aromatic carbocycles. The Morgan fingerprint density at radius 2 is 2.27 bits per heavy atom. The van der Waals surface area contributed by atoms with E-state index in [1.165, 1.54) is 12.1 Å². The minimum Gasteiger partial charge on any atom is -0.326 e. The first-order chi connectivity index (χ1) is 5.27. The number of carbonyl (C=O) groups excluding carboxylic acids is 1. The Morgan fingerprint density at radius 3 is 2.82 bits per heavy atom. The van der Waals surface area contributed by atoms with Gasteiger partial charge in [0.2, 0.25) is 6.29 Å². The summed E-state index contributed by atoms with van der Waals surface area (Å²) in [4.78, 5) is 10.2. The monoisotopic (exact) mass is 152 g/mol. The van der Waals surface area contributed by atoms with E-state index in [0.717, 1.165) is 6.07 Å². The highest BCUT2D eigenvalue weighted by Gasteiger charge is 2.00. The number of hydrogen-bond donors (Lipinski definition) is 1. The van der Waals surface area contributed by atoms with Crippen LogP contribution in [0.4, 0.5) is 4.39 Å². The van der Waals surface area contributed by atoms with Crippen LogP contribution in [-0.4, -0.2) is 6.29 Å². The third-order valence-corrected chi connectivity index (χ3v) is 1.40. The second kappa shape index (κ2) is 3.25. The van der Waals surface area contributed by atoms with E-state index >= 15 is 0 Å². The molecule has 0 fully saturated rings. The number of rotatable bonds is 2. The van der Waals surface area contributed by atoms with Crippen molar-refractivity contribution in [1.29, 1.82) is 0 Å². The first kappa shape index (κ1) is 7.88. The summed E-state index contributed by atoms with van der Waals surface area (Å²) < 4.78 is 12.5. The minimum atomic E-state index is -0.444. The molecule has 0 spiro atoms. The van der Waals surface area contributed by atoms with Gasteiger partial charge in [-0.15, -0.1) is 0 Å². The molecule has 0 unspecified atom stereocenters. The molecule has 11 heavy (non-hydrogen) atoms. The van der Waals surface area contributed by atoms with Crippen LogP contribution in [0.3, 0.4) is 0 Å². The van der Waals surface area contributed by atoms with E-state index in [4.69, 9.17) is 5.73 Å². The maximum absolute atomic E-state index is 12.5. The summed E-state index contributed by atoms with van der Waals surface area (Å²) in [6, 6.07) is 3.87. The largest absolute Gasteiger partial charge is 0.326 e. The Labute approximate surface area is 63.8 Å². The van der Waals surface area contributed by atoms with Crippen molar-refractivity contribution in [2.75, 3.05) is 0 Å². The van der Waals surface area contributed by atoms with Crippen molar-refractivity contribution in [2.45, 2.75) is 6.54 Å². The van der Waals surface area contributed by atoms with E-state index in [0.29, 0.717) is 5.56 Å². The van der Waals surface area contributed by atoms with E-state index in [1.54, 1.807) is 6.29 Å². The highest BCUT2D eigenvalue weighted by molar-refractivity contribution is 5.77. The van der Waals surface area contributed by atoms with Gasteiger partial charge in [0.1, 0.15) is 5.82 Å². The van der Waals surface area contributed by atoms with Gasteiger partial charge >= 0.3 is 0 Å². The summed E-state index contributed by atoms with van der Waals surface area (Å²) in [5, 5.41) is 0. The molecule has 0 saturated carbocycles. The van der Waals surface area contributed by atoms with Crippen LogP contribution in [0.5, 0.6) is 0 Å². The normalized spacial score (nSPS) is 9.64. The predicted molar refractivity (Wildman–Crippen MR) is 39.1 cm³/mol. The topological polar surface area (TPSA) is 43.1 Å².